The molecule has 2 aromatic heterocycles. The fourth-order valence-corrected chi connectivity index (χ4v) is 1.32. The Morgan fingerprint density at radius 3 is 2.40 bits per heavy atom. The maximum atomic E-state index is 10.9. The molecule has 0 bridgehead atoms. The van der Waals surface area contributed by atoms with Gasteiger partial charge in [-0.3, -0.25) is 4.79 Å². The first kappa shape index (κ1) is 9.73. The Balaban J connectivity index is 2.14. The van der Waals surface area contributed by atoms with Crippen LogP contribution in [0.3, 0.4) is 0 Å². The fraction of sp³-hybridized carbons (Fsp3) is 0.182. The molecule has 2 heterocycles. The summed E-state index contributed by atoms with van der Waals surface area (Å²) in [5.74, 6) is 1.30. The van der Waals surface area contributed by atoms with Gasteiger partial charge in [-0.2, -0.15) is 0 Å². The molecule has 0 saturated heterocycles. The van der Waals surface area contributed by atoms with E-state index < -0.39 is 0 Å². The molecule has 4 nitrogen and oxygen atoms in total. The second-order valence-corrected chi connectivity index (χ2v) is 3.23. The first-order valence-electron chi connectivity index (χ1n) is 4.62. The topological polar surface area (TPSA) is 55.4 Å². The van der Waals surface area contributed by atoms with Crippen LogP contribution < -0.4 is 5.43 Å². The highest BCUT2D eigenvalue weighted by Gasteiger charge is 2.00. The zero-order valence-corrected chi connectivity index (χ0v) is 8.09. The number of pyridine rings is 1. The molecule has 0 aliphatic heterocycles. The van der Waals surface area contributed by atoms with Crippen molar-refractivity contribution in [2.45, 2.75) is 13.2 Å². The Bertz CT molecular complexity index is 478. The average molecular weight is 205 g/mol. The van der Waals surface area contributed by atoms with Crippen LogP contribution in [0.15, 0.2) is 45.9 Å². The molecule has 2 rings (SSSR count). The van der Waals surface area contributed by atoms with Gasteiger partial charge in [-0.1, -0.05) is 0 Å². The number of furan rings is 1. The normalized spacial score (nSPS) is 10.5. The molecule has 0 unspecified atom stereocenters. The highest BCUT2D eigenvalue weighted by Crippen LogP contribution is 2.08. The van der Waals surface area contributed by atoms with Crippen LogP contribution >= 0.6 is 0 Å². The minimum atomic E-state index is -0.0931. The maximum absolute atomic E-state index is 10.9. The first-order chi connectivity index (χ1) is 7.28. The zero-order valence-electron chi connectivity index (χ0n) is 8.09. The van der Waals surface area contributed by atoms with Gasteiger partial charge in [0.2, 0.25) is 0 Å². The molecule has 0 fully saturated rings. The Morgan fingerprint density at radius 2 is 1.80 bits per heavy atom. The summed E-state index contributed by atoms with van der Waals surface area (Å²) in [7, 11) is 0. The second kappa shape index (κ2) is 4.14. The molecule has 0 aromatic carbocycles. The van der Waals surface area contributed by atoms with Crippen molar-refractivity contribution in [3.63, 3.8) is 0 Å². The third kappa shape index (κ3) is 2.35. The van der Waals surface area contributed by atoms with E-state index in [4.69, 9.17) is 9.52 Å². The Morgan fingerprint density at radius 1 is 1.13 bits per heavy atom. The first-order valence-corrected chi connectivity index (χ1v) is 4.62. The van der Waals surface area contributed by atoms with Crippen molar-refractivity contribution in [1.29, 1.82) is 0 Å². The highest BCUT2D eigenvalue weighted by atomic mass is 16.4. The zero-order chi connectivity index (χ0) is 10.7. The lowest BCUT2D eigenvalue weighted by Gasteiger charge is -2.01. The Kier molecular flexibility index (Phi) is 2.69. The summed E-state index contributed by atoms with van der Waals surface area (Å²) >= 11 is 0. The van der Waals surface area contributed by atoms with E-state index in [9.17, 15) is 4.79 Å². The van der Waals surface area contributed by atoms with E-state index in [0.717, 1.165) is 5.76 Å². The molecule has 2 aromatic rings. The van der Waals surface area contributed by atoms with E-state index in [1.165, 1.54) is 12.1 Å². The third-order valence-corrected chi connectivity index (χ3v) is 2.07. The van der Waals surface area contributed by atoms with Crippen LogP contribution in [-0.2, 0) is 13.2 Å². The largest absolute Gasteiger partial charge is 0.462 e. The van der Waals surface area contributed by atoms with E-state index in [1.54, 1.807) is 18.5 Å². The van der Waals surface area contributed by atoms with Gasteiger partial charge in [-0.15, -0.1) is 0 Å². The van der Waals surface area contributed by atoms with Gasteiger partial charge in [0, 0.05) is 24.5 Å². The molecule has 0 amide bonds. The van der Waals surface area contributed by atoms with Gasteiger partial charge < -0.3 is 14.1 Å². The van der Waals surface area contributed by atoms with Crippen molar-refractivity contribution >= 4 is 0 Å². The summed E-state index contributed by atoms with van der Waals surface area (Å²) in [5.41, 5.74) is -0.0123. The highest BCUT2D eigenvalue weighted by molar-refractivity contribution is 5.07. The quantitative estimate of drug-likeness (QED) is 0.812. The lowest BCUT2D eigenvalue weighted by Crippen LogP contribution is -2.03. The molecule has 4 heteroatoms. The lowest BCUT2D eigenvalue weighted by molar-refractivity contribution is 0.243. The fourth-order valence-electron chi connectivity index (χ4n) is 1.32. The molecule has 78 valence electrons. The molecular weight excluding hydrogens is 194 g/mol. The lowest BCUT2D eigenvalue weighted by atomic mass is 10.4. The molecule has 0 aliphatic rings. The van der Waals surface area contributed by atoms with Gasteiger partial charge in [-0.25, -0.2) is 0 Å². The van der Waals surface area contributed by atoms with E-state index in [0.29, 0.717) is 12.3 Å². The van der Waals surface area contributed by atoms with Gasteiger partial charge in [0.1, 0.15) is 18.1 Å². The van der Waals surface area contributed by atoms with E-state index in [2.05, 4.69) is 0 Å². The Labute approximate surface area is 86.4 Å². The number of aliphatic hydroxyl groups is 1. The van der Waals surface area contributed by atoms with Crippen LogP contribution in [0, 0.1) is 0 Å². The van der Waals surface area contributed by atoms with E-state index >= 15 is 0 Å². The number of aromatic nitrogens is 1. The Hall–Kier alpha value is -1.81. The van der Waals surface area contributed by atoms with Gasteiger partial charge >= 0.3 is 0 Å². The molecule has 1 N–H and O–H groups in total. The molecule has 0 aliphatic carbocycles. The van der Waals surface area contributed by atoms with Crippen molar-refractivity contribution < 1.29 is 9.52 Å². The number of aliphatic hydroxyl groups excluding tert-OH is 1. The summed E-state index contributed by atoms with van der Waals surface area (Å²) in [5, 5.41) is 8.81. The minimum Gasteiger partial charge on any atom is -0.462 e. The number of hydrogen-bond acceptors (Lipinski definition) is 3. The molecule has 15 heavy (non-hydrogen) atoms. The van der Waals surface area contributed by atoms with Crippen LogP contribution in [0.5, 0.6) is 0 Å². The molecule has 0 saturated carbocycles. The number of nitrogens with zero attached hydrogens (tertiary/aromatic N) is 1. The third-order valence-electron chi connectivity index (χ3n) is 2.07. The van der Waals surface area contributed by atoms with Crippen molar-refractivity contribution in [1.82, 2.24) is 4.57 Å². The van der Waals surface area contributed by atoms with E-state index in [1.807, 2.05) is 10.6 Å². The second-order valence-electron chi connectivity index (χ2n) is 3.23. The summed E-state index contributed by atoms with van der Waals surface area (Å²) < 4.78 is 7.15. The standard InChI is InChI=1S/C11H11NO3/c13-8-11-2-1-10(15-11)7-12-5-3-9(14)4-6-12/h1-6,13H,7-8H2. The molecule has 0 radical (unpaired) electrons. The van der Waals surface area contributed by atoms with E-state index in [-0.39, 0.29) is 12.0 Å². The molecule has 0 atom stereocenters. The average Bonchev–Trinajstić information content (AvgIpc) is 2.69. The SMILES string of the molecule is O=c1ccn(Cc2ccc(CO)o2)cc1. The number of rotatable bonds is 3. The van der Waals surface area contributed by atoms with Crippen molar-refractivity contribution in [3.8, 4) is 0 Å². The smallest absolute Gasteiger partial charge is 0.181 e. The minimum absolute atomic E-state index is 0.0123. The number of hydrogen-bond donors (Lipinski definition) is 1. The van der Waals surface area contributed by atoms with Gasteiger partial charge in [0.15, 0.2) is 5.43 Å². The monoisotopic (exact) mass is 205 g/mol. The molecule has 0 spiro atoms. The van der Waals surface area contributed by atoms with Crippen LogP contribution in [0.1, 0.15) is 11.5 Å². The predicted octanol–water partition coefficient (Wildman–Crippen LogP) is 0.982. The summed E-state index contributed by atoms with van der Waals surface area (Å²) in [6, 6.07) is 6.54. The molecular formula is C11H11NO3. The van der Waals surface area contributed by atoms with Gasteiger partial charge in [0.25, 0.3) is 0 Å². The summed E-state index contributed by atoms with van der Waals surface area (Å²) in [6.07, 6.45) is 3.40. The van der Waals surface area contributed by atoms with Gasteiger partial charge in [-0.05, 0) is 12.1 Å². The summed E-state index contributed by atoms with van der Waals surface area (Å²) in [4.78, 5) is 10.9. The summed E-state index contributed by atoms with van der Waals surface area (Å²) in [6.45, 7) is 0.463. The van der Waals surface area contributed by atoms with Crippen LogP contribution in [0.4, 0.5) is 0 Å². The van der Waals surface area contributed by atoms with Crippen molar-refractivity contribution in [3.05, 3.63) is 58.4 Å². The van der Waals surface area contributed by atoms with Gasteiger partial charge in [0.05, 0.1) is 6.54 Å². The van der Waals surface area contributed by atoms with Crippen LogP contribution in [0.25, 0.3) is 0 Å². The van der Waals surface area contributed by atoms with Crippen LogP contribution in [0.2, 0.25) is 0 Å². The predicted molar refractivity (Wildman–Crippen MR) is 54.4 cm³/mol. The maximum Gasteiger partial charge on any atom is 0.181 e. The van der Waals surface area contributed by atoms with Crippen molar-refractivity contribution in [2.24, 2.45) is 0 Å². The van der Waals surface area contributed by atoms with Crippen LogP contribution in [-0.4, -0.2) is 9.67 Å². The van der Waals surface area contributed by atoms with Crippen molar-refractivity contribution in [2.75, 3.05) is 0 Å².